The smallest absolute Gasteiger partial charge is 0.307 e. The Hall–Kier alpha value is -2.45. The largest absolute Gasteiger partial charge is 0.444 e. The van der Waals surface area contributed by atoms with Crippen LogP contribution in [0.4, 0.5) is 4.79 Å². The number of carbonyl (C=O) groups excluding carboxylic acids is 3. The molecule has 2 aliphatic rings. The molecule has 7 nitrogen and oxygen atoms in total. The maximum Gasteiger partial charge on any atom is 0.307 e. The molecular weight excluding hydrogens is 428 g/mol. The van der Waals surface area contributed by atoms with E-state index in [1.807, 2.05) is 31.3 Å². The van der Waals surface area contributed by atoms with Crippen LogP contribution in [0.15, 0.2) is 42.1 Å². The van der Waals surface area contributed by atoms with Crippen LogP contribution < -0.4 is 0 Å². The first kappa shape index (κ1) is 24.2. The molecule has 0 bridgehead atoms. The quantitative estimate of drug-likeness (QED) is 0.459. The van der Waals surface area contributed by atoms with Crippen molar-refractivity contribution in [3.05, 3.63) is 53.4 Å². The number of imide groups is 1. The molecule has 2 amide bonds. The van der Waals surface area contributed by atoms with E-state index >= 15 is 0 Å². The third-order valence-electron chi connectivity index (χ3n) is 5.36. The summed E-state index contributed by atoms with van der Waals surface area (Å²) in [7, 11) is 0. The van der Waals surface area contributed by atoms with Crippen molar-refractivity contribution in [2.75, 3.05) is 13.3 Å². The van der Waals surface area contributed by atoms with Crippen molar-refractivity contribution in [2.45, 2.75) is 63.7 Å². The van der Waals surface area contributed by atoms with Gasteiger partial charge < -0.3 is 9.47 Å². The Bertz CT molecular complexity index is 881. The second kappa shape index (κ2) is 12.0. The van der Waals surface area contributed by atoms with Gasteiger partial charge in [-0.1, -0.05) is 55.5 Å². The lowest BCUT2D eigenvalue weighted by molar-refractivity contribution is -0.149. The number of hydrogen-bond acceptors (Lipinski definition) is 7. The lowest BCUT2D eigenvalue weighted by atomic mass is 10.0. The number of esters is 1. The van der Waals surface area contributed by atoms with E-state index in [-0.39, 0.29) is 30.4 Å². The van der Waals surface area contributed by atoms with E-state index in [1.165, 1.54) is 5.56 Å². The van der Waals surface area contributed by atoms with Crippen molar-refractivity contribution in [1.29, 1.82) is 0 Å². The Labute approximate surface area is 193 Å². The summed E-state index contributed by atoms with van der Waals surface area (Å²) >= 11 is 0.989. The van der Waals surface area contributed by atoms with Gasteiger partial charge in [0.05, 0.1) is 18.0 Å². The second-order valence-corrected chi connectivity index (χ2v) is 8.94. The van der Waals surface area contributed by atoms with E-state index in [9.17, 15) is 14.4 Å². The molecule has 0 spiro atoms. The molecular formula is C24H30N2O5S. The SMILES string of the molecule is CCCC(=O)OCN1C(=O)SC(CC2=CCC(OCCc3ccc(CC)cn3)C=C2)C1=O. The second-order valence-electron chi connectivity index (χ2n) is 7.78. The van der Waals surface area contributed by atoms with Crippen LogP contribution in [0.5, 0.6) is 0 Å². The molecule has 2 heterocycles. The average molecular weight is 459 g/mol. The molecule has 3 rings (SSSR count). The number of nitrogens with zero attached hydrogens (tertiary/aromatic N) is 2. The molecule has 0 aromatic carbocycles. The van der Waals surface area contributed by atoms with Crippen LogP contribution in [0.25, 0.3) is 0 Å². The van der Waals surface area contributed by atoms with Crippen molar-refractivity contribution in [1.82, 2.24) is 9.88 Å². The highest BCUT2D eigenvalue weighted by atomic mass is 32.2. The highest BCUT2D eigenvalue weighted by Crippen LogP contribution is 2.32. The van der Waals surface area contributed by atoms with Gasteiger partial charge in [0.25, 0.3) is 5.24 Å². The van der Waals surface area contributed by atoms with Gasteiger partial charge in [-0.2, -0.15) is 0 Å². The first-order valence-corrected chi connectivity index (χ1v) is 12.0. The maximum absolute atomic E-state index is 12.6. The minimum absolute atomic E-state index is 0.00305. The van der Waals surface area contributed by atoms with Gasteiger partial charge in [-0.05, 0) is 37.3 Å². The summed E-state index contributed by atoms with van der Waals surface area (Å²) in [4.78, 5) is 41.7. The van der Waals surface area contributed by atoms with Gasteiger partial charge in [0.1, 0.15) is 0 Å². The summed E-state index contributed by atoms with van der Waals surface area (Å²) in [6, 6.07) is 4.14. The van der Waals surface area contributed by atoms with E-state index in [4.69, 9.17) is 9.47 Å². The van der Waals surface area contributed by atoms with Crippen molar-refractivity contribution < 1.29 is 23.9 Å². The molecule has 1 aliphatic heterocycles. The van der Waals surface area contributed by atoms with Gasteiger partial charge in [-0.25, -0.2) is 4.90 Å². The molecule has 1 aromatic rings. The van der Waals surface area contributed by atoms with Crippen LogP contribution in [0.3, 0.4) is 0 Å². The predicted molar refractivity (Wildman–Crippen MR) is 123 cm³/mol. The molecule has 2 atom stereocenters. The highest BCUT2D eigenvalue weighted by Gasteiger charge is 2.40. The number of allylic oxidation sites excluding steroid dienone is 2. The van der Waals surface area contributed by atoms with Crippen LogP contribution in [-0.4, -0.2) is 51.7 Å². The molecule has 0 N–H and O–H groups in total. The summed E-state index contributed by atoms with van der Waals surface area (Å²) < 4.78 is 11.0. The molecule has 1 aromatic heterocycles. The first-order chi connectivity index (χ1) is 15.5. The predicted octanol–water partition coefficient (Wildman–Crippen LogP) is 4.21. The summed E-state index contributed by atoms with van der Waals surface area (Å²) in [5, 5.41) is -0.857. The van der Waals surface area contributed by atoms with Gasteiger partial charge in [0.2, 0.25) is 5.91 Å². The molecule has 0 saturated carbocycles. The fourth-order valence-electron chi connectivity index (χ4n) is 3.42. The molecule has 32 heavy (non-hydrogen) atoms. The average Bonchev–Trinajstić information content (AvgIpc) is 3.06. The standard InChI is InChI=1S/C24H30N2O5S/c1-3-5-22(27)31-16-26-23(28)21(32-24(26)29)14-18-7-10-20(11-8-18)30-13-12-19-9-6-17(4-2)15-25-19/h6-10,15,20-21H,3-5,11-14,16H2,1-2H3. The normalized spacial score (nSPS) is 20.6. The fraction of sp³-hybridized carbons (Fsp3) is 0.500. The zero-order valence-corrected chi connectivity index (χ0v) is 19.4. The van der Waals surface area contributed by atoms with Crippen LogP contribution in [0.2, 0.25) is 0 Å². The van der Waals surface area contributed by atoms with E-state index < -0.39 is 11.2 Å². The van der Waals surface area contributed by atoms with Gasteiger partial charge >= 0.3 is 5.97 Å². The Morgan fingerprint density at radius 2 is 2.12 bits per heavy atom. The molecule has 1 saturated heterocycles. The Morgan fingerprint density at radius 1 is 1.28 bits per heavy atom. The molecule has 8 heteroatoms. The summed E-state index contributed by atoms with van der Waals surface area (Å²) in [6.07, 6.45) is 11.8. The number of thioether (sulfide) groups is 1. The van der Waals surface area contributed by atoms with Crippen molar-refractivity contribution in [2.24, 2.45) is 0 Å². The van der Waals surface area contributed by atoms with Crippen molar-refractivity contribution >= 4 is 28.9 Å². The number of amides is 2. The third kappa shape index (κ3) is 6.77. The molecule has 172 valence electrons. The molecule has 1 aliphatic carbocycles. The number of ether oxygens (including phenoxy) is 2. The highest BCUT2D eigenvalue weighted by molar-refractivity contribution is 8.15. The zero-order valence-electron chi connectivity index (χ0n) is 18.6. The topological polar surface area (TPSA) is 85.8 Å². The van der Waals surface area contributed by atoms with Crippen molar-refractivity contribution in [3.63, 3.8) is 0 Å². The lowest BCUT2D eigenvalue weighted by Gasteiger charge is -2.18. The molecule has 1 fully saturated rings. The number of rotatable bonds is 11. The van der Waals surface area contributed by atoms with Gasteiger partial charge in [-0.15, -0.1) is 0 Å². The summed E-state index contributed by atoms with van der Waals surface area (Å²) in [5.41, 5.74) is 3.25. The monoisotopic (exact) mass is 458 g/mol. The van der Waals surface area contributed by atoms with Crippen LogP contribution in [0.1, 0.15) is 50.8 Å². The minimum atomic E-state index is -0.488. The van der Waals surface area contributed by atoms with Crippen molar-refractivity contribution in [3.8, 4) is 0 Å². The molecule has 0 radical (unpaired) electrons. The number of aromatic nitrogens is 1. The van der Waals surface area contributed by atoms with Gasteiger partial charge in [-0.3, -0.25) is 19.4 Å². The van der Waals surface area contributed by atoms with Gasteiger partial charge in [0.15, 0.2) is 6.73 Å². The maximum atomic E-state index is 12.6. The summed E-state index contributed by atoms with van der Waals surface area (Å²) in [5.74, 6) is -0.710. The number of aryl methyl sites for hydroxylation is 1. The Morgan fingerprint density at radius 3 is 2.78 bits per heavy atom. The summed E-state index contributed by atoms with van der Waals surface area (Å²) in [6.45, 7) is 4.26. The fourth-order valence-corrected chi connectivity index (χ4v) is 4.44. The Balaban J connectivity index is 1.40. The number of hydrogen-bond donors (Lipinski definition) is 0. The van der Waals surface area contributed by atoms with Crippen LogP contribution >= 0.6 is 11.8 Å². The lowest BCUT2D eigenvalue weighted by Crippen LogP contribution is -2.34. The number of pyridine rings is 1. The zero-order chi connectivity index (χ0) is 22.9. The molecule has 2 unspecified atom stereocenters. The van der Waals surface area contributed by atoms with Gasteiger partial charge in [0, 0.05) is 24.7 Å². The Kier molecular flexibility index (Phi) is 9.05. The third-order valence-corrected chi connectivity index (χ3v) is 6.43. The van der Waals surface area contributed by atoms with E-state index in [0.29, 0.717) is 19.4 Å². The minimum Gasteiger partial charge on any atom is -0.444 e. The van der Waals surface area contributed by atoms with E-state index in [1.54, 1.807) is 0 Å². The van der Waals surface area contributed by atoms with E-state index in [0.717, 1.165) is 47.2 Å². The van der Waals surface area contributed by atoms with Crippen LogP contribution in [0, 0.1) is 0 Å². The first-order valence-electron chi connectivity index (χ1n) is 11.1. The number of carbonyl (C=O) groups is 3. The van der Waals surface area contributed by atoms with E-state index in [2.05, 4.69) is 24.1 Å². The van der Waals surface area contributed by atoms with Crippen LogP contribution in [-0.2, 0) is 31.9 Å².